The molecular weight excluding hydrogens is 717 g/mol. The molecular formula is C56H36N2O. The number of aromatic nitrogens is 1. The highest BCUT2D eigenvalue weighted by molar-refractivity contribution is 6.16. The van der Waals surface area contributed by atoms with Crippen molar-refractivity contribution in [2.24, 2.45) is 0 Å². The van der Waals surface area contributed by atoms with Gasteiger partial charge in [0.2, 0.25) is 0 Å². The Bertz CT molecular complexity index is 3560. The molecule has 59 heavy (non-hydrogen) atoms. The first-order valence-corrected chi connectivity index (χ1v) is 20.2. The Hall–Kier alpha value is -7.88. The lowest BCUT2D eigenvalue weighted by molar-refractivity contribution is 0.668. The fraction of sp³-hybridized carbons (Fsp3) is 0. The summed E-state index contributed by atoms with van der Waals surface area (Å²) >= 11 is 0. The first-order valence-electron chi connectivity index (χ1n) is 20.2. The van der Waals surface area contributed by atoms with Gasteiger partial charge in [0, 0.05) is 50.1 Å². The van der Waals surface area contributed by atoms with Gasteiger partial charge in [0.15, 0.2) is 0 Å². The maximum Gasteiger partial charge on any atom is 0.137 e. The van der Waals surface area contributed by atoms with Crippen LogP contribution in [0.5, 0.6) is 0 Å². The molecule has 0 saturated heterocycles. The molecule has 0 radical (unpaired) electrons. The molecule has 3 heteroatoms. The van der Waals surface area contributed by atoms with Crippen LogP contribution in [0, 0.1) is 0 Å². The van der Waals surface area contributed by atoms with Gasteiger partial charge in [-0.15, -0.1) is 0 Å². The van der Waals surface area contributed by atoms with Crippen LogP contribution in [0.25, 0.3) is 93.2 Å². The van der Waals surface area contributed by atoms with E-state index in [4.69, 9.17) is 4.42 Å². The van der Waals surface area contributed by atoms with Crippen molar-refractivity contribution >= 4 is 82.4 Å². The second kappa shape index (κ2) is 13.4. The van der Waals surface area contributed by atoms with Gasteiger partial charge in [-0.3, -0.25) is 0 Å². The monoisotopic (exact) mass is 752 g/mol. The largest absolute Gasteiger partial charge is 0.456 e. The molecule has 0 aliphatic heterocycles. The Morgan fingerprint density at radius 3 is 1.85 bits per heavy atom. The number of nitrogens with zero attached hydrogens (tertiary/aromatic N) is 2. The highest BCUT2D eigenvalue weighted by atomic mass is 16.3. The first kappa shape index (κ1) is 33.3. The summed E-state index contributed by atoms with van der Waals surface area (Å²) in [6, 6.07) is 78.8. The van der Waals surface area contributed by atoms with Crippen molar-refractivity contribution in [3.05, 3.63) is 218 Å². The molecule has 0 amide bonds. The third-order valence-corrected chi connectivity index (χ3v) is 12.0. The molecule has 12 rings (SSSR count). The second-order valence-electron chi connectivity index (χ2n) is 15.3. The summed E-state index contributed by atoms with van der Waals surface area (Å²) in [4.78, 5) is 2.41. The lowest BCUT2D eigenvalue weighted by Gasteiger charge is -2.27. The molecule has 0 aliphatic rings. The molecule has 0 unspecified atom stereocenters. The third-order valence-electron chi connectivity index (χ3n) is 12.0. The fourth-order valence-electron chi connectivity index (χ4n) is 9.30. The highest BCUT2D eigenvalue weighted by Gasteiger charge is 2.20. The number of fused-ring (bicyclic) bond motifs is 8. The number of anilines is 3. The van der Waals surface area contributed by atoms with E-state index in [0.29, 0.717) is 0 Å². The van der Waals surface area contributed by atoms with E-state index in [1.807, 2.05) is 12.1 Å². The van der Waals surface area contributed by atoms with Crippen molar-refractivity contribution in [1.29, 1.82) is 0 Å². The number of benzene rings is 10. The Balaban J connectivity index is 1.03. The fourth-order valence-corrected chi connectivity index (χ4v) is 9.30. The van der Waals surface area contributed by atoms with Gasteiger partial charge in [0.1, 0.15) is 11.2 Å². The highest BCUT2D eigenvalue weighted by Crippen LogP contribution is 2.44. The molecule has 0 N–H and O–H groups in total. The predicted octanol–water partition coefficient (Wildman–Crippen LogP) is 15.8. The average Bonchev–Trinajstić information content (AvgIpc) is 3.85. The van der Waals surface area contributed by atoms with Gasteiger partial charge < -0.3 is 13.9 Å². The van der Waals surface area contributed by atoms with Crippen LogP contribution in [0.1, 0.15) is 0 Å². The summed E-state index contributed by atoms with van der Waals surface area (Å²) in [7, 11) is 0. The smallest absolute Gasteiger partial charge is 0.137 e. The minimum absolute atomic E-state index is 0.886. The van der Waals surface area contributed by atoms with Gasteiger partial charge >= 0.3 is 0 Å². The quantitative estimate of drug-likeness (QED) is 0.169. The maximum absolute atomic E-state index is 6.37. The number of rotatable bonds is 6. The zero-order valence-electron chi connectivity index (χ0n) is 32.1. The van der Waals surface area contributed by atoms with Crippen molar-refractivity contribution in [3.63, 3.8) is 0 Å². The van der Waals surface area contributed by atoms with Crippen molar-refractivity contribution in [2.45, 2.75) is 0 Å². The molecule has 2 heterocycles. The summed E-state index contributed by atoms with van der Waals surface area (Å²) in [5, 5.41) is 9.60. The van der Waals surface area contributed by atoms with Gasteiger partial charge in [0.05, 0.1) is 16.7 Å². The van der Waals surface area contributed by atoms with Gasteiger partial charge in [-0.1, -0.05) is 152 Å². The Kier molecular flexibility index (Phi) is 7.54. The maximum atomic E-state index is 6.37. The minimum atomic E-state index is 0.886. The van der Waals surface area contributed by atoms with E-state index in [-0.39, 0.29) is 0 Å². The van der Waals surface area contributed by atoms with E-state index >= 15 is 0 Å². The summed E-state index contributed by atoms with van der Waals surface area (Å²) in [6.45, 7) is 0. The van der Waals surface area contributed by atoms with E-state index in [2.05, 4.69) is 216 Å². The first-order chi connectivity index (χ1) is 29.3. The molecule has 276 valence electrons. The van der Waals surface area contributed by atoms with Gasteiger partial charge in [0.25, 0.3) is 0 Å². The summed E-state index contributed by atoms with van der Waals surface area (Å²) < 4.78 is 8.75. The van der Waals surface area contributed by atoms with Gasteiger partial charge in [-0.2, -0.15) is 0 Å². The van der Waals surface area contributed by atoms with Gasteiger partial charge in [-0.05, 0) is 99.1 Å². The van der Waals surface area contributed by atoms with E-state index in [9.17, 15) is 0 Å². The third kappa shape index (κ3) is 5.36. The van der Waals surface area contributed by atoms with E-state index < -0.39 is 0 Å². The number of hydrogen-bond acceptors (Lipinski definition) is 2. The summed E-state index contributed by atoms with van der Waals surface area (Å²) in [5.41, 5.74) is 13.3. The number of hydrogen-bond donors (Lipinski definition) is 0. The van der Waals surface area contributed by atoms with Crippen LogP contribution in [-0.2, 0) is 0 Å². The van der Waals surface area contributed by atoms with Crippen molar-refractivity contribution in [1.82, 2.24) is 4.57 Å². The van der Waals surface area contributed by atoms with Crippen LogP contribution in [0.2, 0.25) is 0 Å². The van der Waals surface area contributed by atoms with Crippen LogP contribution in [0.4, 0.5) is 17.1 Å². The Labute approximate surface area is 341 Å². The summed E-state index contributed by atoms with van der Waals surface area (Å²) in [5.74, 6) is 0. The predicted molar refractivity (Wildman–Crippen MR) is 249 cm³/mol. The lowest BCUT2D eigenvalue weighted by Crippen LogP contribution is -2.10. The van der Waals surface area contributed by atoms with Crippen LogP contribution in [0.15, 0.2) is 223 Å². The molecule has 12 aromatic rings. The topological polar surface area (TPSA) is 21.3 Å². The molecule has 2 aromatic heterocycles. The number of para-hydroxylation sites is 2. The molecule has 0 aliphatic carbocycles. The Morgan fingerprint density at radius 2 is 0.983 bits per heavy atom. The molecule has 0 bridgehead atoms. The molecule has 10 aromatic carbocycles. The van der Waals surface area contributed by atoms with Crippen molar-refractivity contribution < 1.29 is 4.42 Å². The van der Waals surface area contributed by atoms with Crippen LogP contribution in [0.3, 0.4) is 0 Å². The van der Waals surface area contributed by atoms with Gasteiger partial charge in [-0.25, -0.2) is 0 Å². The molecule has 0 fully saturated rings. The van der Waals surface area contributed by atoms with Crippen LogP contribution < -0.4 is 4.90 Å². The molecule has 0 saturated carbocycles. The zero-order chi connectivity index (χ0) is 38.9. The van der Waals surface area contributed by atoms with E-state index in [0.717, 1.165) is 61.3 Å². The van der Waals surface area contributed by atoms with Crippen LogP contribution in [-0.4, -0.2) is 4.57 Å². The molecule has 0 atom stereocenters. The lowest BCUT2D eigenvalue weighted by atomic mass is 9.97. The standard InChI is InChI=1S/C56H36N2O/c1-3-19-44-37(13-1)15-10-23-45(44)39-29-31-41(32-30-39)57(51-26-11-16-38-14-2-4-20-46(38)51)42-18-9-17-40(35-42)47-24-12-27-53-56(47)50-22-5-7-25-52(50)58(53)43-33-34-49-48-21-6-8-28-54(48)59-55(49)36-43/h1-36H. The van der Waals surface area contributed by atoms with Crippen LogP contribution >= 0.6 is 0 Å². The molecule has 3 nitrogen and oxygen atoms in total. The van der Waals surface area contributed by atoms with Crippen molar-refractivity contribution in [3.8, 4) is 27.9 Å². The molecule has 0 spiro atoms. The Morgan fingerprint density at radius 1 is 0.356 bits per heavy atom. The zero-order valence-corrected chi connectivity index (χ0v) is 32.1. The second-order valence-corrected chi connectivity index (χ2v) is 15.3. The summed E-state index contributed by atoms with van der Waals surface area (Å²) in [6.07, 6.45) is 0. The van der Waals surface area contributed by atoms with E-state index in [1.54, 1.807) is 0 Å². The van der Waals surface area contributed by atoms with Crippen molar-refractivity contribution in [2.75, 3.05) is 4.90 Å². The average molecular weight is 753 g/mol. The number of furan rings is 1. The normalized spacial score (nSPS) is 11.7. The SMILES string of the molecule is c1cc(-c2cccc3c2c2ccccc2n3-c2ccc3c(c2)oc2ccccc23)cc(N(c2ccc(-c3cccc4ccccc34)cc2)c2cccc3ccccc23)c1. The van der Waals surface area contributed by atoms with E-state index in [1.165, 1.54) is 49.0 Å². The minimum Gasteiger partial charge on any atom is -0.456 e.